The molecule has 0 aliphatic heterocycles. The van der Waals surface area contributed by atoms with E-state index in [0.717, 1.165) is 28.9 Å². The fraction of sp³-hybridized carbons (Fsp3) is 0.241. The van der Waals surface area contributed by atoms with E-state index in [9.17, 15) is 12.8 Å². The number of benzene rings is 2. The molecule has 3 aromatic heterocycles. The summed E-state index contributed by atoms with van der Waals surface area (Å²) in [5.74, 6) is 0.756. The SMILES string of the molecule is CS(=O)(=O)CCOCCCc1nc(-c2cc3c(Nc4ccc(OCc5cccc(F)c5)c(Cl)c4)ncnc3cn2)cs1. The maximum absolute atomic E-state index is 13.4. The van der Waals surface area contributed by atoms with Gasteiger partial charge in [0.25, 0.3) is 0 Å². The minimum absolute atomic E-state index is 0.0212. The van der Waals surface area contributed by atoms with Gasteiger partial charge in [-0.2, -0.15) is 0 Å². The van der Waals surface area contributed by atoms with Crippen LogP contribution in [0.2, 0.25) is 5.02 Å². The molecule has 9 nitrogen and oxygen atoms in total. The second-order valence-corrected chi connectivity index (χ2v) is 13.1. The number of fused-ring (bicyclic) bond motifs is 1. The Balaban J connectivity index is 1.24. The molecule has 0 saturated heterocycles. The van der Waals surface area contributed by atoms with E-state index in [2.05, 4.69) is 20.3 Å². The predicted octanol–water partition coefficient (Wildman–Crippen LogP) is 6.26. The number of sulfone groups is 1. The van der Waals surface area contributed by atoms with Gasteiger partial charge in [0.1, 0.15) is 40.2 Å². The fourth-order valence-corrected chi connectivity index (χ4v) is 5.49. The number of hydrogen-bond donors (Lipinski definition) is 1. The molecule has 0 amide bonds. The van der Waals surface area contributed by atoms with Gasteiger partial charge in [0.15, 0.2) is 0 Å². The molecule has 0 fully saturated rings. The smallest absolute Gasteiger partial charge is 0.149 e. The summed E-state index contributed by atoms with van der Waals surface area (Å²) in [7, 11) is -3.02. The zero-order valence-electron chi connectivity index (χ0n) is 22.6. The topological polar surface area (TPSA) is 116 Å². The van der Waals surface area contributed by atoms with Crippen molar-refractivity contribution >= 4 is 55.2 Å². The molecule has 0 bridgehead atoms. The molecule has 0 spiro atoms. The number of hydrogen-bond acceptors (Lipinski definition) is 10. The number of halogens is 2. The highest BCUT2D eigenvalue weighted by atomic mass is 35.5. The number of aromatic nitrogens is 4. The highest BCUT2D eigenvalue weighted by Crippen LogP contribution is 2.32. The minimum Gasteiger partial charge on any atom is -0.487 e. The standard InChI is InChI=1S/C29H27ClFN5O4S2/c1-42(37,38)11-10-39-9-3-6-28-36-26(17-41-28)24-14-22-25(15-32-24)33-18-34-29(22)35-21-7-8-27(23(30)13-21)40-16-19-4-2-5-20(31)12-19/h2,4-5,7-8,12-15,17-18H,3,6,9-11,16H2,1H3,(H,33,34,35). The van der Waals surface area contributed by atoms with Crippen LogP contribution in [0.25, 0.3) is 22.3 Å². The normalized spacial score (nSPS) is 11.6. The lowest BCUT2D eigenvalue weighted by Crippen LogP contribution is -2.10. The van der Waals surface area contributed by atoms with Gasteiger partial charge in [-0.3, -0.25) is 4.98 Å². The molecule has 3 heterocycles. The molecule has 0 saturated carbocycles. The van der Waals surface area contributed by atoms with Crippen LogP contribution in [0.15, 0.2) is 66.4 Å². The Morgan fingerprint density at radius 1 is 1.05 bits per heavy atom. The first-order valence-electron chi connectivity index (χ1n) is 13.0. The van der Waals surface area contributed by atoms with Gasteiger partial charge >= 0.3 is 0 Å². The third-order valence-corrected chi connectivity index (χ3v) is 8.20. The molecule has 13 heteroatoms. The Bertz CT molecular complexity index is 1800. The van der Waals surface area contributed by atoms with Gasteiger partial charge < -0.3 is 14.8 Å². The van der Waals surface area contributed by atoms with Crippen LogP contribution in [0.5, 0.6) is 5.75 Å². The van der Waals surface area contributed by atoms with Crippen LogP contribution in [0, 0.1) is 5.82 Å². The van der Waals surface area contributed by atoms with Crippen LogP contribution in [-0.2, 0) is 27.6 Å². The summed E-state index contributed by atoms with van der Waals surface area (Å²) >= 11 is 8.01. The molecule has 1 N–H and O–H groups in total. The van der Waals surface area contributed by atoms with Crippen molar-refractivity contribution in [3.05, 3.63) is 87.8 Å². The van der Waals surface area contributed by atoms with Crippen molar-refractivity contribution in [2.24, 2.45) is 0 Å². The van der Waals surface area contributed by atoms with Gasteiger partial charge in [-0.15, -0.1) is 11.3 Å². The van der Waals surface area contributed by atoms with Crippen molar-refractivity contribution < 1.29 is 22.3 Å². The minimum atomic E-state index is -3.02. The van der Waals surface area contributed by atoms with Crippen LogP contribution < -0.4 is 10.1 Å². The average Bonchev–Trinajstić information content (AvgIpc) is 3.43. The third kappa shape index (κ3) is 8.19. The highest BCUT2D eigenvalue weighted by Gasteiger charge is 2.12. The second kappa shape index (κ2) is 13.5. The van der Waals surface area contributed by atoms with E-state index in [4.69, 9.17) is 26.1 Å². The lowest BCUT2D eigenvalue weighted by molar-refractivity contribution is 0.146. The lowest BCUT2D eigenvalue weighted by Gasteiger charge is -2.12. The Morgan fingerprint density at radius 2 is 1.93 bits per heavy atom. The summed E-state index contributed by atoms with van der Waals surface area (Å²) in [5.41, 5.74) is 3.50. The maximum atomic E-state index is 13.4. The van der Waals surface area contributed by atoms with Crippen LogP contribution in [0.1, 0.15) is 17.0 Å². The third-order valence-electron chi connectivity index (χ3n) is 6.09. The Morgan fingerprint density at radius 3 is 2.74 bits per heavy atom. The Hall–Kier alpha value is -3.71. The van der Waals surface area contributed by atoms with E-state index in [1.165, 1.54) is 36.1 Å². The monoisotopic (exact) mass is 627 g/mol. The van der Waals surface area contributed by atoms with E-state index in [1.807, 2.05) is 17.5 Å². The van der Waals surface area contributed by atoms with Gasteiger partial charge in [-0.1, -0.05) is 23.7 Å². The molecule has 0 aliphatic carbocycles. The van der Waals surface area contributed by atoms with Gasteiger partial charge in [0.2, 0.25) is 0 Å². The van der Waals surface area contributed by atoms with Crippen LogP contribution in [-0.4, -0.2) is 53.6 Å². The van der Waals surface area contributed by atoms with Crippen molar-refractivity contribution in [2.45, 2.75) is 19.4 Å². The summed E-state index contributed by atoms with van der Waals surface area (Å²) < 4.78 is 47.0. The molecule has 0 radical (unpaired) electrons. The number of aryl methyl sites for hydroxylation is 1. The van der Waals surface area contributed by atoms with Crippen molar-refractivity contribution in [1.82, 2.24) is 19.9 Å². The number of nitrogens with zero attached hydrogens (tertiary/aromatic N) is 4. The molecule has 0 unspecified atom stereocenters. The molecule has 2 aromatic carbocycles. The lowest BCUT2D eigenvalue weighted by atomic mass is 10.2. The molecule has 218 valence electrons. The second-order valence-electron chi connectivity index (χ2n) is 9.47. The first-order valence-corrected chi connectivity index (χ1v) is 16.3. The zero-order chi connectivity index (χ0) is 29.5. The molecule has 42 heavy (non-hydrogen) atoms. The quantitative estimate of drug-likeness (QED) is 0.151. The summed E-state index contributed by atoms with van der Waals surface area (Å²) in [6.45, 7) is 0.853. The predicted molar refractivity (Wildman–Crippen MR) is 163 cm³/mol. The van der Waals surface area contributed by atoms with E-state index < -0.39 is 9.84 Å². The fourth-order valence-electron chi connectivity index (χ4n) is 4.00. The number of ether oxygens (including phenoxy) is 2. The highest BCUT2D eigenvalue weighted by molar-refractivity contribution is 7.90. The van der Waals surface area contributed by atoms with E-state index in [1.54, 1.807) is 30.5 Å². The molecular weight excluding hydrogens is 601 g/mol. The van der Waals surface area contributed by atoms with Crippen LogP contribution >= 0.6 is 22.9 Å². The van der Waals surface area contributed by atoms with Gasteiger partial charge in [0.05, 0.1) is 45.5 Å². The molecular formula is C29H27ClFN5O4S2. The van der Waals surface area contributed by atoms with Crippen LogP contribution in [0.3, 0.4) is 0 Å². The number of thiazole rings is 1. The molecule has 0 atom stereocenters. The van der Waals surface area contributed by atoms with Crippen molar-refractivity contribution in [3.8, 4) is 17.1 Å². The van der Waals surface area contributed by atoms with E-state index >= 15 is 0 Å². The number of rotatable bonds is 13. The first-order chi connectivity index (χ1) is 20.2. The van der Waals surface area contributed by atoms with Crippen molar-refractivity contribution in [3.63, 3.8) is 0 Å². The number of anilines is 2. The Kier molecular flexibility index (Phi) is 9.58. The average molecular weight is 628 g/mol. The largest absolute Gasteiger partial charge is 0.487 e. The van der Waals surface area contributed by atoms with Gasteiger partial charge in [-0.05, 0) is 48.4 Å². The van der Waals surface area contributed by atoms with E-state index in [0.29, 0.717) is 45.7 Å². The summed E-state index contributed by atoms with van der Waals surface area (Å²) in [6, 6.07) is 13.4. The maximum Gasteiger partial charge on any atom is 0.149 e. The Labute approximate surface area is 251 Å². The zero-order valence-corrected chi connectivity index (χ0v) is 25.0. The summed E-state index contributed by atoms with van der Waals surface area (Å²) in [4.78, 5) is 18.0. The first kappa shape index (κ1) is 29.8. The summed E-state index contributed by atoms with van der Waals surface area (Å²) in [5, 5.41) is 7.35. The molecule has 5 aromatic rings. The number of nitrogens with one attached hydrogen (secondary N) is 1. The summed E-state index contributed by atoms with van der Waals surface area (Å²) in [6.07, 6.45) is 5.80. The van der Waals surface area contributed by atoms with Gasteiger partial charge in [0, 0.05) is 35.7 Å². The van der Waals surface area contributed by atoms with E-state index in [-0.39, 0.29) is 24.8 Å². The molecule has 5 rings (SSSR count). The molecule has 0 aliphatic rings. The van der Waals surface area contributed by atoms with Crippen LogP contribution in [0.4, 0.5) is 15.9 Å². The number of pyridine rings is 1. The van der Waals surface area contributed by atoms with Crippen molar-refractivity contribution in [1.29, 1.82) is 0 Å². The van der Waals surface area contributed by atoms with Gasteiger partial charge in [-0.25, -0.2) is 27.8 Å². The van der Waals surface area contributed by atoms with Crippen molar-refractivity contribution in [2.75, 3.05) is 30.5 Å².